The van der Waals surface area contributed by atoms with Crippen LogP contribution in [0, 0.1) is 15.9 Å². The lowest BCUT2D eigenvalue weighted by atomic mass is 10.0. The van der Waals surface area contributed by atoms with Crippen molar-refractivity contribution in [2.45, 2.75) is 26.3 Å². The Balaban J connectivity index is 2.24. The molecule has 1 atom stereocenters. The molecular weight excluding hydrogens is 271 g/mol. The molecule has 1 N–H and O–H groups in total. The van der Waals surface area contributed by atoms with Crippen molar-refractivity contribution in [3.8, 4) is 0 Å². The van der Waals surface area contributed by atoms with Crippen molar-refractivity contribution in [1.82, 2.24) is 0 Å². The Morgan fingerprint density at radius 3 is 2.48 bits per heavy atom. The summed E-state index contributed by atoms with van der Waals surface area (Å²) in [5, 5.41) is 14.0. The van der Waals surface area contributed by atoms with Crippen molar-refractivity contribution in [3.63, 3.8) is 0 Å². The summed E-state index contributed by atoms with van der Waals surface area (Å²) in [7, 11) is 0. The molecule has 0 spiro atoms. The lowest BCUT2D eigenvalue weighted by Crippen LogP contribution is -2.08. The summed E-state index contributed by atoms with van der Waals surface area (Å²) < 4.78 is 13.3. The van der Waals surface area contributed by atoms with Gasteiger partial charge in [-0.2, -0.15) is 0 Å². The molecule has 0 amide bonds. The van der Waals surface area contributed by atoms with Gasteiger partial charge in [0.05, 0.1) is 4.92 Å². The Labute approximate surface area is 122 Å². The zero-order chi connectivity index (χ0) is 15.4. The SMILES string of the molecule is CCc1ccc(C(C)Nc2cc(F)ccc2[N+](=O)[O-])cc1. The number of anilines is 1. The van der Waals surface area contributed by atoms with E-state index in [1.807, 2.05) is 31.2 Å². The molecule has 0 aliphatic carbocycles. The quantitative estimate of drug-likeness (QED) is 0.652. The molecule has 0 fully saturated rings. The molecule has 2 aromatic carbocycles. The van der Waals surface area contributed by atoms with Crippen LogP contribution in [0.15, 0.2) is 42.5 Å². The Morgan fingerprint density at radius 2 is 1.90 bits per heavy atom. The van der Waals surface area contributed by atoms with Crippen LogP contribution in [-0.2, 0) is 6.42 Å². The van der Waals surface area contributed by atoms with E-state index in [-0.39, 0.29) is 17.4 Å². The number of nitro benzene ring substituents is 1. The van der Waals surface area contributed by atoms with Crippen molar-refractivity contribution in [2.24, 2.45) is 0 Å². The van der Waals surface area contributed by atoms with E-state index in [4.69, 9.17) is 0 Å². The summed E-state index contributed by atoms with van der Waals surface area (Å²) in [5.74, 6) is -0.503. The first-order valence-corrected chi connectivity index (χ1v) is 6.80. The molecule has 0 saturated heterocycles. The molecule has 0 heterocycles. The van der Waals surface area contributed by atoms with E-state index in [1.165, 1.54) is 11.6 Å². The third-order valence-corrected chi connectivity index (χ3v) is 3.42. The third kappa shape index (κ3) is 3.56. The van der Waals surface area contributed by atoms with Gasteiger partial charge in [0.2, 0.25) is 0 Å². The topological polar surface area (TPSA) is 55.2 Å². The van der Waals surface area contributed by atoms with Crippen molar-refractivity contribution >= 4 is 11.4 Å². The van der Waals surface area contributed by atoms with Crippen molar-refractivity contribution in [2.75, 3.05) is 5.32 Å². The van der Waals surface area contributed by atoms with E-state index in [1.54, 1.807) is 0 Å². The van der Waals surface area contributed by atoms with Gasteiger partial charge in [-0.05, 0) is 30.5 Å². The van der Waals surface area contributed by atoms with Crippen LogP contribution in [0.25, 0.3) is 0 Å². The number of rotatable bonds is 5. The summed E-state index contributed by atoms with van der Waals surface area (Å²) in [6, 6.07) is 11.2. The Hall–Kier alpha value is -2.43. The van der Waals surface area contributed by atoms with Gasteiger partial charge in [0, 0.05) is 18.2 Å². The van der Waals surface area contributed by atoms with Crippen molar-refractivity contribution in [1.29, 1.82) is 0 Å². The molecule has 21 heavy (non-hydrogen) atoms. The van der Waals surface area contributed by atoms with Gasteiger partial charge in [0.25, 0.3) is 5.69 Å². The van der Waals surface area contributed by atoms with Gasteiger partial charge in [-0.1, -0.05) is 31.2 Å². The average Bonchev–Trinajstić information content (AvgIpc) is 2.47. The second-order valence-corrected chi connectivity index (χ2v) is 4.88. The number of nitro groups is 1. The van der Waals surface area contributed by atoms with E-state index in [0.717, 1.165) is 24.1 Å². The van der Waals surface area contributed by atoms with Crippen LogP contribution in [0.4, 0.5) is 15.8 Å². The highest BCUT2D eigenvalue weighted by Crippen LogP contribution is 2.28. The third-order valence-electron chi connectivity index (χ3n) is 3.42. The van der Waals surface area contributed by atoms with Crippen LogP contribution in [0.1, 0.15) is 31.0 Å². The normalized spacial score (nSPS) is 12.0. The van der Waals surface area contributed by atoms with E-state index in [9.17, 15) is 14.5 Å². The molecule has 0 saturated carbocycles. The van der Waals surface area contributed by atoms with Gasteiger partial charge in [0.1, 0.15) is 11.5 Å². The first-order valence-electron chi connectivity index (χ1n) is 6.80. The molecule has 2 aromatic rings. The molecule has 5 heteroatoms. The lowest BCUT2D eigenvalue weighted by molar-refractivity contribution is -0.384. The van der Waals surface area contributed by atoms with E-state index in [0.29, 0.717) is 0 Å². The molecule has 0 radical (unpaired) electrons. The highest BCUT2D eigenvalue weighted by molar-refractivity contribution is 5.62. The lowest BCUT2D eigenvalue weighted by Gasteiger charge is -2.16. The van der Waals surface area contributed by atoms with Crippen LogP contribution in [0.2, 0.25) is 0 Å². The standard InChI is InChI=1S/C16H17FN2O2/c1-3-12-4-6-13(7-5-12)11(2)18-15-10-14(17)8-9-16(15)19(20)21/h4-11,18H,3H2,1-2H3. The molecule has 0 bridgehead atoms. The van der Waals surface area contributed by atoms with Gasteiger partial charge in [-0.15, -0.1) is 0 Å². The van der Waals surface area contributed by atoms with Gasteiger partial charge in [-0.25, -0.2) is 4.39 Å². The maximum atomic E-state index is 13.3. The number of benzene rings is 2. The molecule has 0 aliphatic heterocycles. The zero-order valence-corrected chi connectivity index (χ0v) is 12.0. The predicted molar refractivity (Wildman–Crippen MR) is 80.9 cm³/mol. The van der Waals surface area contributed by atoms with Crippen LogP contribution in [0.3, 0.4) is 0 Å². The van der Waals surface area contributed by atoms with Crippen molar-refractivity contribution < 1.29 is 9.31 Å². The maximum absolute atomic E-state index is 13.3. The second kappa shape index (κ2) is 6.35. The van der Waals surface area contributed by atoms with E-state index >= 15 is 0 Å². The monoisotopic (exact) mass is 288 g/mol. The molecule has 4 nitrogen and oxygen atoms in total. The van der Waals surface area contributed by atoms with E-state index in [2.05, 4.69) is 12.2 Å². The minimum Gasteiger partial charge on any atom is -0.373 e. The Morgan fingerprint density at radius 1 is 1.24 bits per heavy atom. The molecule has 110 valence electrons. The molecular formula is C16H17FN2O2. The number of hydrogen-bond donors (Lipinski definition) is 1. The van der Waals surface area contributed by atoms with E-state index < -0.39 is 10.7 Å². The summed E-state index contributed by atoms with van der Waals surface area (Å²) in [6.07, 6.45) is 0.956. The number of nitrogens with one attached hydrogen (secondary N) is 1. The summed E-state index contributed by atoms with van der Waals surface area (Å²) in [4.78, 5) is 10.5. The maximum Gasteiger partial charge on any atom is 0.292 e. The first-order chi connectivity index (χ1) is 10.0. The smallest absolute Gasteiger partial charge is 0.292 e. The van der Waals surface area contributed by atoms with Crippen LogP contribution in [0.5, 0.6) is 0 Å². The first kappa shape index (κ1) is 15.0. The fraction of sp³-hybridized carbons (Fsp3) is 0.250. The van der Waals surface area contributed by atoms with Crippen LogP contribution in [-0.4, -0.2) is 4.92 Å². The van der Waals surface area contributed by atoms with Crippen molar-refractivity contribution in [3.05, 3.63) is 69.5 Å². The number of hydrogen-bond acceptors (Lipinski definition) is 3. The average molecular weight is 288 g/mol. The summed E-state index contributed by atoms with van der Waals surface area (Å²) in [5.41, 5.74) is 2.27. The molecule has 2 rings (SSSR count). The fourth-order valence-corrected chi connectivity index (χ4v) is 2.14. The Bertz CT molecular complexity index is 641. The fourth-order valence-electron chi connectivity index (χ4n) is 2.14. The molecule has 1 unspecified atom stereocenters. The van der Waals surface area contributed by atoms with Gasteiger partial charge in [-0.3, -0.25) is 10.1 Å². The highest BCUT2D eigenvalue weighted by atomic mass is 19.1. The Kier molecular flexibility index (Phi) is 4.52. The minimum atomic E-state index is -0.519. The summed E-state index contributed by atoms with van der Waals surface area (Å²) >= 11 is 0. The zero-order valence-electron chi connectivity index (χ0n) is 12.0. The van der Waals surface area contributed by atoms with Gasteiger partial charge >= 0.3 is 0 Å². The number of aryl methyl sites for hydroxylation is 1. The molecule has 0 aromatic heterocycles. The second-order valence-electron chi connectivity index (χ2n) is 4.88. The predicted octanol–water partition coefficient (Wildman–Crippen LogP) is 4.47. The van der Waals surface area contributed by atoms with Crippen LogP contribution < -0.4 is 5.32 Å². The minimum absolute atomic E-state index is 0.131. The van der Waals surface area contributed by atoms with Gasteiger partial charge in [0.15, 0.2) is 0 Å². The number of nitrogens with zero attached hydrogens (tertiary/aromatic N) is 1. The summed E-state index contributed by atoms with van der Waals surface area (Å²) in [6.45, 7) is 3.96. The highest BCUT2D eigenvalue weighted by Gasteiger charge is 2.16. The van der Waals surface area contributed by atoms with Gasteiger partial charge < -0.3 is 5.32 Å². The van der Waals surface area contributed by atoms with Crippen LogP contribution >= 0.6 is 0 Å². The largest absolute Gasteiger partial charge is 0.373 e. The number of halogens is 1. The molecule has 0 aliphatic rings.